The van der Waals surface area contributed by atoms with E-state index in [9.17, 15) is 27.5 Å². The van der Waals surface area contributed by atoms with Crippen molar-refractivity contribution in [3.8, 4) is 5.75 Å². The van der Waals surface area contributed by atoms with Gasteiger partial charge in [0, 0.05) is 12.5 Å². The van der Waals surface area contributed by atoms with Crippen LogP contribution in [-0.2, 0) is 37.2 Å². The van der Waals surface area contributed by atoms with Gasteiger partial charge in [-0.1, -0.05) is 36.4 Å². The zero-order valence-corrected chi connectivity index (χ0v) is 24.1. The molecule has 1 saturated heterocycles. The van der Waals surface area contributed by atoms with Gasteiger partial charge in [-0.25, -0.2) is 12.8 Å². The van der Waals surface area contributed by atoms with Crippen LogP contribution in [0.3, 0.4) is 0 Å². The molecule has 7 nitrogen and oxygen atoms in total. The molecule has 6 rings (SSSR count). The molecule has 1 aliphatic heterocycles. The molecular weight excluding hydrogens is 557 g/mol. The van der Waals surface area contributed by atoms with Crippen LogP contribution in [0.2, 0.25) is 0 Å². The maximum atomic E-state index is 14.6. The molecule has 3 aliphatic rings. The Hall–Kier alpha value is -3.72. The van der Waals surface area contributed by atoms with Crippen molar-refractivity contribution in [1.82, 2.24) is 4.90 Å². The van der Waals surface area contributed by atoms with E-state index in [1.807, 2.05) is 42.5 Å². The van der Waals surface area contributed by atoms with Gasteiger partial charge in [0.15, 0.2) is 9.84 Å². The highest BCUT2D eigenvalue weighted by Gasteiger charge is 2.61. The van der Waals surface area contributed by atoms with Gasteiger partial charge in [0.05, 0.1) is 16.9 Å². The molecule has 3 aromatic carbocycles. The van der Waals surface area contributed by atoms with Gasteiger partial charge >= 0.3 is 5.97 Å². The van der Waals surface area contributed by atoms with E-state index in [2.05, 4.69) is 0 Å². The maximum absolute atomic E-state index is 14.6. The van der Waals surface area contributed by atoms with Crippen LogP contribution in [0.1, 0.15) is 55.2 Å². The van der Waals surface area contributed by atoms with E-state index in [0.29, 0.717) is 56.4 Å². The molecule has 1 amide bonds. The van der Waals surface area contributed by atoms with E-state index in [1.165, 1.54) is 12.1 Å². The molecule has 1 heterocycles. The number of aryl methyl sites for hydroxylation is 1. The van der Waals surface area contributed by atoms with E-state index in [4.69, 9.17) is 4.74 Å². The van der Waals surface area contributed by atoms with Crippen LogP contribution >= 0.6 is 0 Å². The average Bonchev–Trinajstić information content (AvgIpc) is 3.42. The standard InChI is InChI=1S/C33H34FNO6S/c34-26-11-14-28(15-12-26)42(39,40)33-18-19-35(31(36)23-6-8-24(9-7-23)32(37)38)30(33)17-10-25-20-27(13-16-29(25)33)41-21-22-4-2-1-3-5-22/h1-5,11-16,20,23-24,30H,6-10,17-19,21H2,(H,37,38)/t23-,24-,30-,33-/m1/s1. The smallest absolute Gasteiger partial charge is 0.306 e. The first-order valence-corrected chi connectivity index (χ1v) is 16.0. The lowest BCUT2D eigenvalue weighted by Crippen LogP contribution is -2.53. The zero-order chi connectivity index (χ0) is 29.5. The highest BCUT2D eigenvalue weighted by Crippen LogP contribution is 2.53. The van der Waals surface area contributed by atoms with Gasteiger partial charge in [-0.15, -0.1) is 0 Å². The number of hydrogen-bond acceptors (Lipinski definition) is 5. The van der Waals surface area contributed by atoms with E-state index >= 15 is 0 Å². The summed E-state index contributed by atoms with van der Waals surface area (Å²) in [6.07, 6.45) is 3.12. The fourth-order valence-electron chi connectivity index (χ4n) is 7.24. The van der Waals surface area contributed by atoms with Crippen molar-refractivity contribution < 1.29 is 32.2 Å². The van der Waals surface area contributed by atoms with Crippen LogP contribution in [-0.4, -0.2) is 42.9 Å². The lowest BCUT2D eigenvalue weighted by molar-refractivity contribution is -0.146. The molecule has 2 aliphatic carbocycles. The molecular formula is C33H34FNO6S. The van der Waals surface area contributed by atoms with E-state index in [-0.39, 0.29) is 29.7 Å². The zero-order valence-electron chi connectivity index (χ0n) is 23.2. The molecule has 2 fully saturated rings. The van der Waals surface area contributed by atoms with Gasteiger partial charge in [0.2, 0.25) is 5.91 Å². The van der Waals surface area contributed by atoms with Crippen molar-refractivity contribution in [1.29, 1.82) is 0 Å². The van der Waals surface area contributed by atoms with Crippen LogP contribution in [0.15, 0.2) is 77.7 Å². The quantitative estimate of drug-likeness (QED) is 0.364. The SMILES string of the molecule is O=C(O)[C@H]1CC[C@H](C(=O)N2CC[C@@]3(S(=O)(=O)c4ccc(F)cc4)c4ccc(OCc5ccccc5)cc4CC[C@@H]23)CC1. The number of hydrogen-bond donors (Lipinski definition) is 1. The number of carboxylic acid groups (broad SMARTS) is 1. The number of halogens is 1. The molecule has 42 heavy (non-hydrogen) atoms. The monoisotopic (exact) mass is 591 g/mol. The number of sulfone groups is 1. The van der Waals surface area contributed by atoms with Crippen molar-refractivity contribution in [3.63, 3.8) is 0 Å². The first-order chi connectivity index (χ1) is 20.2. The summed E-state index contributed by atoms with van der Waals surface area (Å²) in [5.74, 6) is -1.56. The van der Waals surface area contributed by atoms with E-state index < -0.39 is 38.3 Å². The molecule has 3 aromatic rings. The summed E-state index contributed by atoms with van der Waals surface area (Å²) in [6, 6.07) is 19.7. The van der Waals surface area contributed by atoms with Crippen LogP contribution in [0, 0.1) is 17.7 Å². The second kappa shape index (κ2) is 11.2. The molecule has 0 spiro atoms. The highest BCUT2D eigenvalue weighted by molar-refractivity contribution is 7.92. The van der Waals surface area contributed by atoms with Crippen molar-refractivity contribution in [3.05, 3.63) is 95.3 Å². The van der Waals surface area contributed by atoms with Gasteiger partial charge in [-0.3, -0.25) is 9.59 Å². The Bertz CT molecular complexity index is 1580. The molecule has 9 heteroatoms. The molecule has 0 unspecified atom stereocenters. The van der Waals surface area contributed by atoms with Gasteiger partial charge in [0.25, 0.3) is 0 Å². The summed E-state index contributed by atoms with van der Waals surface area (Å²) in [7, 11) is -4.05. The number of nitrogens with zero attached hydrogens (tertiary/aromatic N) is 1. The second-order valence-corrected chi connectivity index (χ2v) is 13.9. The fraction of sp³-hybridized carbons (Fsp3) is 0.394. The van der Waals surface area contributed by atoms with Crippen molar-refractivity contribution in [2.24, 2.45) is 11.8 Å². The maximum Gasteiger partial charge on any atom is 0.306 e. The number of ether oxygens (including phenoxy) is 1. The van der Waals surface area contributed by atoms with Gasteiger partial charge in [0.1, 0.15) is 22.9 Å². The van der Waals surface area contributed by atoms with Crippen molar-refractivity contribution >= 4 is 21.7 Å². The summed E-state index contributed by atoms with van der Waals surface area (Å²) in [6.45, 7) is 0.669. The molecule has 1 N–H and O–H groups in total. The van der Waals surface area contributed by atoms with Gasteiger partial charge < -0.3 is 14.7 Å². The lowest BCUT2D eigenvalue weighted by Gasteiger charge is -2.43. The van der Waals surface area contributed by atoms with E-state index in [1.54, 1.807) is 11.0 Å². The minimum Gasteiger partial charge on any atom is -0.489 e. The third kappa shape index (κ3) is 4.87. The number of aliphatic carboxylic acids is 1. The minimum absolute atomic E-state index is 0.0300. The Kier molecular flexibility index (Phi) is 7.55. The summed E-state index contributed by atoms with van der Waals surface area (Å²) in [5, 5.41) is 9.39. The molecule has 0 bridgehead atoms. The normalized spacial score (nSPS) is 25.4. The minimum atomic E-state index is -4.05. The van der Waals surface area contributed by atoms with Crippen LogP contribution in [0.5, 0.6) is 5.75 Å². The Balaban J connectivity index is 1.35. The second-order valence-electron chi connectivity index (χ2n) is 11.7. The number of likely N-dealkylation sites (tertiary alicyclic amines) is 1. The number of carbonyl (C=O) groups is 2. The molecule has 220 valence electrons. The van der Waals surface area contributed by atoms with E-state index in [0.717, 1.165) is 23.3 Å². The highest BCUT2D eigenvalue weighted by atomic mass is 32.2. The van der Waals surface area contributed by atoms with Crippen LogP contribution in [0.4, 0.5) is 4.39 Å². The first-order valence-electron chi connectivity index (χ1n) is 14.5. The van der Waals surface area contributed by atoms with Crippen molar-refractivity contribution in [2.75, 3.05) is 6.54 Å². The summed E-state index contributed by atoms with van der Waals surface area (Å²) in [5.41, 5.74) is 2.56. The molecule has 0 aromatic heterocycles. The largest absolute Gasteiger partial charge is 0.489 e. The third-order valence-corrected chi connectivity index (χ3v) is 12.0. The van der Waals surface area contributed by atoms with Crippen molar-refractivity contribution in [2.45, 2.75) is 67.2 Å². The third-order valence-electron chi connectivity index (χ3n) is 9.42. The number of benzene rings is 3. The van der Waals surface area contributed by atoms with Gasteiger partial charge in [-0.05, 0) is 98.0 Å². The number of amides is 1. The number of fused-ring (bicyclic) bond motifs is 3. The number of rotatable bonds is 7. The topological polar surface area (TPSA) is 101 Å². The van der Waals surface area contributed by atoms with Crippen LogP contribution < -0.4 is 4.74 Å². The Morgan fingerprint density at radius 1 is 0.929 bits per heavy atom. The fourth-order valence-corrected chi connectivity index (χ4v) is 9.61. The Morgan fingerprint density at radius 3 is 2.31 bits per heavy atom. The predicted molar refractivity (Wildman–Crippen MR) is 154 cm³/mol. The van der Waals surface area contributed by atoms with Gasteiger partial charge in [-0.2, -0.15) is 0 Å². The predicted octanol–water partition coefficient (Wildman–Crippen LogP) is 5.51. The first kappa shape index (κ1) is 28.4. The molecule has 1 saturated carbocycles. The summed E-state index contributed by atoms with van der Waals surface area (Å²) >= 11 is 0. The Labute approximate surface area is 245 Å². The summed E-state index contributed by atoms with van der Waals surface area (Å²) in [4.78, 5) is 27.1. The summed E-state index contributed by atoms with van der Waals surface area (Å²) < 4.78 is 47.6. The van der Waals surface area contributed by atoms with Crippen LogP contribution in [0.25, 0.3) is 0 Å². The number of carbonyl (C=O) groups excluding carboxylic acids is 1. The molecule has 0 radical (unpaired) electrons. The Morgan fingerprint density at radius 2 is 1.62 bits per heavy atom. The average molecular weight is 592 g/mol. The lowest BCUT2D eigenvalue weighted by atomic mass is 9.77. The number of carboxylic acids is 1. The molecule has 2 atom stereocenters.